The second kappa shape index (κ2) is 7.86. The van der Waals surface area contributed by atoms with Crippen molar-refractivity contribution in [1.29, 1.82) is 0 Å². The number of carbonyl (C=O) groups is 1. The summed E-state index contributed by atoms with van der Waals surface area (Å²) in [5.74, 6) is 0.961. The van der Waals surface area contributed by atoms with Crippen LogP contribution in [0.1, 0.15) is 10.6 Å². The standard InChI is InChI=1S/C23H18ClN7O2/c24-16-5-7-17(8-6-16)31-22-20(27-28-31)21(25-14-26-22)29-9-11-30(12-10-29)23(32)19-13-15-3-1-2-4-18(15)33-19/h1-8,13-14H,9-12H2. The molecule has 164 valence electrons. The van der Waals surface area contributed by atoms with E-state index in [1.807, 2.05) is 36.4 Å². The van der Waals surface area contributed by atoms with Gasteiger partial charge in [0.2, 0.25) is 0 Å². The van der Waals surface area contributed by atoms with Crippen molar-refractivity contribution < 1.29 is 9.21 Å². The van der Waals surface area contributed by atoms with Crippen molar-refractivity contribution in [3.05, 3.63) is 71.7 Å². The molecule has 3 aromatic heterocycles. The number of amides is 1. The van der Waals surface area contributed by atoms with E-state index in [9.17, 15) is 4.79 Å². The summed E-state index contributed by atoms with van der Waals surface area (Å²) in [6.45, 7) is 2.33. The molecule has 0 aliphatic carbocycles. The lowest BCUT2D eigenvalue weighted by Gasteiger charge is -2.34. The normalized spacial score (nSPS) is 14.3. The minimum absolute atomic E-state index is 0.104. The fourth-order valence-electron chi connectivity index (χ4n) is 4.09. The van der Waals surface area contributed by atoms with Gasteiger partial charge in [0.25, 0.3) is 5.91 Å². The lowest BCUT2D eigenvalue weighted by Crippen LogP contribution is -2.49. The number of piperazine rings is 1. The summed E-state index contributed by atoms with van der Waals surface area (Å²) in [6.07, 6.45) is 1.51. The molecule has 6 rings (SSSR count). The van der Waals surface area contributed by atoms with Crippen LogP contribution >= 0.6 is 11.6 Å². The van der Waals surface area contributed by atoms with Crippen LogP contribution in [0.5, 0.6) is 0 Å². The van der Waals surface area contributed by atoms with Gasteiger partial charge in [-0.25, -0.2) is 9.97 Å². The number of para-hydroxylation sites is 1. The molecule has 0 unspecified atom stereocenters. The highest BCUT2D eigenvalue weighted by atomic mass is 35.5. The van der Waals surface area contributed by atoms with Crippen molar-refractivity contribution in [3.8, 4) is 5.69 Å². The fourth-order valence-corrected chi connectivity index (χ4v) is 4.21. The Morgan fingerprint density at radius 2 is 1.76 bits per heavy atom. The maximum absolute atomic E-state index is 13.0. The second-order valence-electron chi connectivity index (χ2n) is 7.77. The monoisotopic (exact) mass is 459 g/mol. The predicted molar refractivity (Wildman–Crippen MR) is 124 cm³/mol. The van der Waals surface area contributed by atoms with Crippen LogP contribution in [-0.4, -0.2) is 61.9 Å². The van der Waals surface area contributed by atoms with E-state index >= 15 is 0 Å². The smallest absolute Gasteiger partial charge is 0.289 e. The van der Waals surface area contributed by atoms with Gasteiger partial charge >= 0.3 is 0 Å². The number of rotatable bonds is 3. The fraction of sp³-hybridized carbons (Fsp3) is 0.174. The van der Waals surface area contributed by atoms with Gasteiger partial charge < -0.3 is 14.2 Å². The number of furan rings is 1. The summed E-state index contributed by atoms with van der Waals surface area (Å²) in [5, 5.41) is 10.2. The van der Waals surface area contributed by atoms with Crippen LogP contribution in [0, 0.1) is 0 Å². The Labute approximate surface area is 193 Å². The van der Waals surface area contributed by atoms with Crippen LogP contribution in [-0.2, 0) is 0 Å². The first-order valence-electron chi connectivity index (χ1n) is 10.5. The van der Waals surface area contributed by atoms with Gasteiger partial charge in [-0.2, -0.15) is 4.68 Å². The molecule has 0 bridgehead atoms. The Balaban J connectivity index is 1.22. The number of hydrogen-bond acceptors (Lipinski definition) is 7. The summed E-state index contributed by atoms with van der Waals surface area (Å²) in [4.78, 5) is 25.7. The molecule has 0 saturated carbocycles. The number of hydrogen-bond donors (Lipinski definition) is 0. The van der Waals surface area contributed by atoms with Crippen LogP contribution in [0.4, 0.5) is 5.82 Å². The lowest BCUT2D eigenvalue weighted by atomic mass is 10.2. The highest BCUT2D eigenvalue weighted by Gasteiger charge is 2.27. The van der Waals surface area contributed by atoms with Gasteiger partial charge in [0.15, 0.2) is 22.7 Å². The molecule has 5 aromatic rings. The molecule has 1 fully saturated rings. The third-order valence-electron chi connectivity index (χ3n) is 5.79. The predicted octanol–water partition coefficient (Wildman–Crippen LogP) is 3.57. The summed E-state index contributed by atoms with van der Waals surface area (Å²) in [7, 11) is 0. The zero-order valence-electron chi connectivity index (χ0n) is 17.4. The van der Waals surface area contributed by atoms with E-state index in [1.165, 1.54) is 6.33 Å². The Kier molecular flexibility index (Phi) is 4.69. The molecule has 1 saturated heterocycles. The molecular formula is C23H18ClN7O2. The zero-order valence-corrected chi connectivity index (χ0v) is 18.2. The summed E-state index contributed by atoms with van der Waals surface area (Å²) >= 11 is 6.00. The maximum Gasteiger partial charge on any atom is 0.289 e. The number of anilines is 1. The van der Waals surface area contributed by atoms with Crippen molar-refractivity contribution in [2.75, 3.05) is 31.1 Å². The van der Waals surface area contributed by atoms with Crippen LogP contribution in [0.3, 0.4) is 0 Å². The number of benzene rings is 2. The highest BCUT2D eigenvalue weighted by Crippen LogP contribution is 2.25. The van der Waals surface area contributed by atoms with Gasteiger partial charge in [-0.1, -0.05) is 35.0 Å². The first-order valence-corrected chi connectivity index (χ1v) is 10.9. The van der Waals surface area contributed by atoms with Crippen molar-refractivity contribution in [1.82, 2.24) is 29.9 Å². The van der Waals surface area contributed by atoms with Crippen LogP contribution in [0.15, 0.2) is 65.3 Å². The third kappa shape index (κ3) is 3.46. The Bertz CT molecular complexity index is 1440. The largest absolute Gasteiger partial charge is 0.451 e. The van der Waals surface area contributed by atoms with Gasteiger partial charge in [-0.3, -0.25) is 4.79 Å². The van der Waals surface area contributed by atoms with Crippen molar-refractivity contribution in [3.63, 3.8) is 0 Å². The van der Waals surface area contributed by atoms with Crippen molar-refractivity contribution in [2.24, 2.45) is 0 Å². The SMILES string of the molecule is O=C(c1cc2ccccc2o1)N1CCN(c2ncnc3c2nnn3-c2ccc(Cl)cc2)CC1. The molecule has 2 aromatic carbocycles. The molecule has 0 N–H and O–H groups in total. The van der Waals surface area contributed by atoms with Crippen molar-refractivity contribution in [2.45, 2.75) is 0 Å². The second-order valence-corrected chi connectivity index (χ2v) is 8.21. The molecule has 0 radical (unpaired) electrons. The molecule has 0 atom stereocenters. The molecule has 0 spiro atoms. The van der Waals surface area contributed by atoms with Gasteiger partial charge in [-0.05, 0) is 36.4 Å². The Hall–Kier alpha value is -3.98. The van der Waals surface area contributed by atoms with E-state index in [0.717, 1.165) is 11.1 Å². The summed E-state index contributed by atoms with van der Waals surface area (Å²) in [6, 6.07) is 16.7. The van der Waals surface area contributed by atoms with Crippen LogP contribution in [0.25, 0.3) is 27.8 Å². The van der Waals surface area contributed by atoms with E-state index in [0.29, 0.717) is 59.5 Å². The average molecular weight is 460 g/mol. The van der Waals surface area contributed by atoms with E-state index in [4.69, 9.17) is 16.0 Å². The zero-order chi connectivity index (χ0) is 22.4. The van der Waals surface area contributed by atoms with Crippen molar-refractivity contribution >= 4 is 45.5 Å². The summed E-state index contributed by atoms with van der Waals surface area (Å²) in [5.41, 5.74) is 2.76. The lowest BCUT2D eigenvalue weighted by molar-refractivity contribution is 0.0717. The van der Waals surface area contributed by atoms with E-state index in [1.54, 1.807) is 27.8 Å². The first-order chi connectivity index (χ1) is 16.2. The summed E-state index contributed by atoms with van der Waals surface area (Å²) < 4.78 is 7.41. The molecule has 33 heavy (non-hydrogen) atoms. The molecular weight excluding hydrogens is 442 g/mol. The number of halogens is 1. The van der Waals surface area contributed by atoms with Crippen LogP contribution < -0.4 is 4.90 Å². The molecule has 4 heterocycles. The topological polar surface area (TPSA) is 93.2 Å². The molecule has 10 heteroatoms. The van der Waals surface area contributed by atoms with E-state index in [-0.39, 0.29) is 5.91 Å². The molecule has 9 nitrogen and oxygen atoms in total. The minimum Gasteiger partial charge on any atom is -0.451 e. The number of fused-ring (bicyclic) bond motifs is 2. The van der Waals surface area contributed by atoms with Gasteiger partial charge in [0, 0.05) is 36.6 Å². The van der Waals surface area contributed by atoms with Gasteiger partial charge in [0.05, 0.1) is 5.69 Å². The molecule has 1 amide bonds. The third-order valence-corrected chi connectivity index (χ3v) is 6.04. The number of carbonyl (C=O) groups excluding carboxylic acids is 1. The quantitative estimate of drug-likeness (QED) is 0.407. The van der Waals surface area contributed by atoms with E-state index < -0.39 is 0 Å². The Morgan fingerprint density at radius 1 is 0.970 bits per heavy atom. The van der Waals surface area contributed by atoms with Gasteiger partial charge in [0.1, 0.15) is 11.9 Å². The molecule has 1 aliphatic rings. The molecule has 1 aliphatic heterocycles. The average Bonchev–Trinajstić information content (AvgIpc) is 3.49. The highest BCUT2D eigenvalue weighted by molar-refractivity contribution is 6.30. The minimum atomic E-state index is -0.104. The Morgan fingerprint density at radius 3 is 2.55 bits per heavy atom. The number of aromatic nitrogens is 5. The van der Waals surface area contributed by atoms with E-state index in [2.05, 4.69) is 25.2 Å². The van der Waals surface area contributed by atoms with Gasteiger partial charge in [-0.15, -0.1) is 5.10 Å². The van der Waals surface area contributed by atoms with Crippen LogP contribution in [0.2, 0.25) is 5.02 Å². The number of nitrogens with zero attached hydrogens (tertiary/aromatic N) is 7. The first kappa shape index (κ1) is 19.7. The maximum atomic E-state index is 13.0.